The van der Waals surface area contributed by atoms with Gasteiger partial charge >= 0.3 is 6.03 Å². The first-order valence-electron chi connectivity index (χ1n) is 10.3. The van der Waals surface area contributed by atoms with Crippen molar-refractivity contribution in [3.8, 4) is 5.75 Å². The van der Waals surface area contributed by atoms with Gasteiger partial charge in [-0.15, -0.1) is 0 Å². The number of methoxy groups -OCH3 is 1. The van der Waals surface area contributed by atoms with Crippen LogP contribution in [0.4, 0.5) is 4.79 Å². The molecule has 0 saturated carbocycles. The number of hydrogen-bond donors (Lipinski definition) is 1. The fraction of sp³-hybridized carbons (Fsp3) is 0.280. The summed E-state index contributed by atoms with van der Waals surface area (Å²) in [6, 6.07) is 21.3. The average molecular weight is 419 g/mol. The molecule has 0 aliphatic heterocycles. The van der Waals surface area contributed by atoms with Crippen molar-refractivity contribution in [2.75, 3.05) is 34.3 Å². The molecule has 0 aliphatic rings. The summed E-state index contributed by atoms with van der Waals surface area (Å²) in [4.78, 5) is 21.5. The van der Waals surface area contributed by atoms with E-state index in [2.05, 4.69) is 15.2 Å². The molecule has 1 heterocycles. The van der Waals surface area contributed by atoms with Crippen LogP contribution in [-0.2, 0) is 6.54 Å². The monoisotopic (exact) mass is 418 g/mol. The Labute approximate surface area is 184 Å². The minimum Gasteiger partial charge on any atom is -0.497 e. The molecule has 162 valence electrons. The van der Waals surface area contributed by atoms with Crippen LogP contribution in [0.1, 0.15) is 22.7 Å². The molecule has 0 fully saturated rings. The van der Waals surface area contributed by atoms with Crippen molar-refractivity contribution in [2.45, 2.75) is 12.6 Å². The van der Waals surface area contributed by atoms with E-state index in [0.717, 1.165) is 29.0 Å². The largest absolute Gasteiger partial charge is 0.497 e. The maximum Gasteiger partial charge on any atom is 0.318 e. The van der Waals surface area contributed by atoms with Crippen molar-refractivity contribution >= 4 is 6.03 Å². The van der Waals surface area contributed by atoms with Gasteiger partial charge < -0.3 is 19.9 Å². The number of carbonyl (C=O) groups is 1. The standard InChI is InChI=1S/C25H30N4O2/c1-28(2)16-17-29(19-20-8-7-15-26-18-20)25(30)27-24(21-9-5-4-6-10-21)22-11-13-23(31-3)14-12-22/h4-15,18,24H,16-17,19H2,1-3H3,(H,27,30). The molecule has 0 bridgehead atoms. The topological polar surface area (TPSA) is 57.7 Å². The molecule has 3 rings (SSSR count). The molecule has 1 N–H and O–H groups in total. The van der Waals surface area contributed by atoms with Gasteiger partial charge in [-0.1, -0.05) is 48.5 Å². The predicted octanol–water partition coefficient (Wildman–Crippen LogP) is 3.95. The second kappa shape index (κ2) is 11.1. The van der Waals surface area contributed by atoms with Gasteiger partial charge in [-0.05, 0) is 49.0 Å². The molecule has 2 amide bonds. The van der Waals surface area contributed by atoms with E-state index in [1.807, 2.05) is 85.7 Å². The molecule has 31 heavy (non-hydrogen) atoms. The average Bonchev–Trinajstić information content (AvgIpc) is 2.81. The van der Waals surface area contributed by atoms with Gasteiger partial charge in [0.15, 0.2) is 0 Å². The number of amides is 2. The summed E-state index contributed by atoms with van der Waals surface area (Å²) < 4.78 is 5.29. The molecule has 6 heteroatoms. The number of carbonyl (C=O) groups excluding carboxylic acids is 1. The van der Waals surface area contributed by atoms with E-state index in [9.17, 15) is 4.79 Å². The van der Waals surface area contributed by atoms with E-state index >= 15 is 0 Å². The van der Waals surface area contributed by atoms with Gasteiger partial charge in [0.2, 0.25) is 0 Å². The van der Waals surface area contributed by atoms with Crippen LogP contribution in [0, 0.1) is 0 Å². The van der Waals surface area contributed by atoms with Gasteiger partial charge in [0.1, 0.15) is 5.75 Å². The number of nitrogens with zero attached hydrogens (tertiary/aromatic N) is 3. The molecule has 2 aromatic carbocycles. The second-order valence-electron chi connectivity index (χ2n) is 7.65. The molecule has 1 unspecified atom stereocenters. The van der Waals surface area contributed by atoms with E-state index in [1.165, 1.54) is 0 Å². The second-order valence-corrected chi connectivity index (χ2v) is 7.65. The van der Waals surface area contributed by atoms with Crippen LogP contribution in [0.2, 0.25) is 0 Å². The van der Waals surface area contributed by atoms with Crippen LogP contribution < -0.4 is 10.1 Å². The number of urea groups is 1. The Kier molecular flexibility index (Phi) is 8.01. The number of hydrogen-bond acceptors (Lipinski definition) is 4. The van der Waals surface area contributed by atoms with Crippen molar-refractivity contribution < 1.29 is 9.53 Å². The molecule has 0 spiro atoms. The lowest BCUT2D eigenvalue weighted by molar-refractivity contribution is 0.186. The quantitative estimate of drug-likeness (QED) is 0.572. The van der Waals surface area contributed by atoms with E-state index in [4.69, 9.17) is 4.74 Å². The van der Waals surface area contributed by atoms with Crippen molar-refractivity contribution in [3.05, 3.63) is 95.8 Å². The molecule has 0 aliphatic carbocycles. The van der Waals surface area contributed by atoms with Crippen molar-refractivity contribution in [1.29, 1.82) is 0 Å². The normalized spacial score (nSPS) is 11.7. The minimum atomic E-state index is -0.268. The zero-order chi connectivity index (χ0) is 22.1. The third-order valence-electron chi connectivity index (χ3n) is 5.05. The van der Waals surface area contributed by atoms with E-state index in [-0.39, 0.29) is 12.1 Å². The third kappa shape index (κ3) is 6.55. The summed E-state index contributed by atoms with van der Waals surface area (Å²) in [5, 5.41) is 3.24. The molecular formula is C25H30N4O2. The number of likely N-dealkylation sites (N-methyl/N-ethyl adjacent to an activating group) is 1. The Morgan fingerprint density at radius 3 is 2.29 bits per heavy atom. The highest BCUT2D eigenvalue weighted by molar-refractivity contribution is 5.75. The van der Waals surface area contributed by atoms with Crippen LogP contribution in [0.25, 0.3) is 0 Å². The Hall–Kier alpha value is -3.38. The Bertz CT molecular complexity index is 931. The number of rotatable bonds is 9. The minimum absolute atomic E-state index is 0.115. The van der Waals surface area contributed by atoms with E-state index < -0.39 is 0 Å². The summed E-state index contributed by atoms with van der Waals surface area (Å²) in [7, 11) is 5.65. The molecule has 0 saturated heterocycles. The fourth-order valence-corrected chi connectivity index (χ4v) is 3.30. The summed E-state index contributed by atoms with van der Waals surface area (Å²) in [6.07, 6.45) is 3.54. The summed E-state index contributed by atoms with van der Waals surface area (Å²) in [6.45, 7) is 1.88. The highest BCUT2D eigenvalue weighted by atomic mass is 16.5. The van der Waals surface area contributed by atoms with Crippen molar-refractivity contribution in [2.24, 2.45) is 0 Å². The number of pyridine rings is 1. The van der Waals surface area contributed by atoms with Gasteiger partial charge in [-0.2, -0.15) is 0 Å². The first-order chi connectivity index (χ1) is 15.1. The lowest BCUT2D eigenvalue weighted by atomic mass is 9.98. The van der Waals surface area contributed by atoms with Crippen LogP contribution >= 0.6 is 0 Å². The SMILES string of the molecule is COc1ccc(C(NC(=O)N(CCN(C)C)Cc2cccnc2)c2ccccc2)cc1. The number of benzene rings is 2. The first kappa shape index (κ1) is 22.3. The summed E-state index contributed by atoms with van der Waals surface area (Å²) in [5.74, 6) is 0.783. The Morgan fingerprint density at radius 1 is 0.968 bits per heavy atom. The molecular weight excluding hydrogens is 388 g/mol. The molecule has 3 aromatic rings. The smallest absolute Gasteiger partial charge is 0.318 e. The van der Waals surface area contributed by atoms with Crippen LogP contribution in [0.15, 0.2) is 79.1 Å². The summed E-state index contributed by atoms with van der Waals surface area (Å²) >= 11 is 0. The number of ether oxygens (including phenoxy) is 1. The Balaban J connectivity index is 1.84. The van der Waals surface area contributed by atoms with Crippen molar-refractivity contribution in [1.82, 2.24) is 20.1 Å². The number of nitrogens with one attached hydrogen (secondary N) is 1. The number of aromatic nitrogens is 1. The lowest BCUT2D eigenvalue weighted by Crippen LogP contribution is -2.44. The lowest BCUT2D eigenvalue weighted by Gasteiger charge is -2.28. The molecule has 0 radical (unpaired) electrons. The van der Waals surface area contributed by atoms with Gasteiger partial charge in [-0.25, -0.2) is 4.79 Å². The van der Waals surface area contributed by atoms with Gasteiger partial charge in [0.05, 0.1) is 13.2 Å². The van der Waals surface area contributed by atoms with Crippen LogP contribution in [0.3, 0.4) is 0 Å². The zero-order valence-corrected chi connectivity index (χ0v) is 18.4. The predicted molar refractivity (Wildman–Crippen MR) is 123 cm³/mol. The van der Waals surface area contributed by atoms with Crippen LogP contribution in [-0.4, -0.2) is 55.1 Å². The fourth-order valence-electron chi connectivity index (χ4n) is 3.30. The Morgan fingerprint density at radius 2 is 1.68 bits per heavy atom. The third-order valence-corrected chi connectivity index (χ3v) is 5.05. The maximum atomic E-state index is 13.4. The maximum absolute atomic E-state index is 13.4. The molecule has 1 aromatic heterocycles. The molecule has 1 atom stereocenters. The highest BCUT2D eigenvalue weighted by Gasteiger charge is 2.21. The van der Waals surface area contributed by atoms with Gasteiger partial charge in [0.25, 0.3) is 0 Å². The van der Waals surface area contributed by atoms with E-state index in [1.54, 1.807) is 19.5 Å². The van der Waals surface area contributed by atoms with Crippen molar-refractivity contribution in [3.63, 3.8) is 0 Å². The van der Waals surface area contributed by atoms with E-state index in [0.29, 0.717) is 13.1 Å². The first-order valence-corrected chi connectivity index (χ1v) is 10.3. The zero-order valence-electron chi connectivity index (χ0n) is 18.4. The highest BCUT2D eigenvalue weighted by Crippen LogP contribution is 2.24. The molecule has 6 nitrogen and oxygen atoms in total. The van der Waals surface area contributed by atoms with Crippen LogP contribution in [0.5, 0.6) is 5.75 Å². The summed E-state index contributed by atoms with van der Waals surface area (Å²) in [5.41, 5.74) is 3.02. The van der Waals surface area contributed by atoms with Gasteiger partial charge in [-0.3, -0.25) is 4.98 Å². The van der Waals surface area contributed by atoms with Gasteiger partial charge in [0, 0.05) is 32.0 Å².